The molecule has 0 bridgehead atoms. The summed E-state index contributed by atoms with van der Waals surface area (Å²) in [5, 5.41) is 3.00. The number of carbonyl (C=O) groups is 4. The average molecular weight is 722 g/mol. The van der Waals surface area contributed by atoms with Crippen LogP contribution >= 0.6 is 0 Å². The number of aryl methyl sites for hydroxylation is 2. The van der Waals surface area contributed by atoms with Gasteiger partial charge in [-0.05, 0) is 93.5 Å². The fraction of sp³-hybridized carbons (Fsp3) is 0.421. The van der Waals surface area contributed by atoms with Gasteiger partial charge in [0.2, 0.25) is 0 Å². The molecule has 1 atom stereocenters. The van der Waals surface area contributed by atoms with Crippen molar-refractivity contribution in [3.05, 3.63) is 87.7 Å². The Kier molecular flexibility index (Phi) is 13.0. The topological polar surface area (TPSA) is 142 Å². The average Bonchev–Trinajstić information content (AvgIpc) is 3.58. The minimum absolute atomic E-state index is 0.00303. The predicted octanol–water partition coefficient (Wildman–Crippen LogP) is 5.73. The molecule has 3 aromatic rings. The number of benzene rings is 3. The number of ether oxygens (including phenoxy) is 4. The quantitative estimate of drug-likeness (QED) is 0.106. The lowest BCUT2D eigenvalue weighted by Crippen LogP contribution is -2.45. The van der Waals surface area contributed by atoms with Crippen LogP contribution in [-0.4, -0.2) is 88.7 Å². The van der Waals surface area contributed by atoms with E-state index in [9.17, 15) is 19.2 Å². The first-order chi connectivity index (χ1) is 25.1. The lowest BCUT2D eigenvalue weighted by molar-refractivity contribution is -0.192. The normalized spacial score (nSPS) is 15.8. The van der Waals surface area contributed by atoms with Crippen molar-refractivity contribution in [1.82, 2.24) is 10.2 Å². The Morgan fingerprint density at radius 2 is 1.42 bits per heavy atom. The zero-order valence-electron chi connectivity index (χ0n) is 29.8. The Labute approximate surface area is 301 Å². The van der Waals surface area contributed by atoms with Crippen molar-refractivity contribution in [3.8, 4) is 11.5 Å². The Bertz CT molecular complexity index is 1740. The van der Waals surface area contributed by atoms with Crippen molar-refractivity contribution in [2.75, 3.05) is 58.9 Å². The van der Waals surface area contributed by atoms with Gasteiger partial charge in [0.1, 0.15) is 17.1 Å². The van der Waals surface area contributed by atoms with E-state index in [2.05, 4.69) is 5.32 Å². The van der Waals surface area contributed by atoms with Crippen LogP contribution in [-0.2, 0) is 19.2 Å². The molecule has 14 heteroatoms. The van der Waals surface area contributed by atoms with Gasteiger partial charge in [0.25, 0.3) is 5.91 Å². The fourth-order valence-electron chi connectivity index (χ4n) is 6.40. The van der Waals surface area contributed by atoms with E-state index in [4.69, 9.17) is 28.7 Å². The number of nitrogens with one attached hydrogen (secondary N) is 1. The van der Waals surface area contributed by atoms with E-state index >= 15 is 4.39 Å². The molecule has 0 radical (unpaired) electrons. The molecule has 3 aromatic carbocycles. The summed E-state index contributed by atoms with van der Waals surface area (Å²) in [6.45, 7) is 5.46. The van der Waals surface area contributed by atoms with Crippen LogP contribution in [0.5, 0.6) is 11.5 Å². The standard InChI is InChI=1S/C38H44FN3O10/c1-24-19-28(20-25(2)35(24)50-23-48-4)36(44)40-29-9-5-6-18-42(21-29)38(46)52-51-37(45)27-12-10-26(11-13-27)34(43)32-31(49-22-47-3)15-14-30(33(32)39)41-16-7-8-17-41/h10-15,19-20,29H,5-9,16-18,21-23H2,1-4H3,(H,40,44). The maximum atomic E-state index is 15.8. The van der Waals surface area contributed by atoms with E-state index in [1.54, 1.807) is 24.3 Å². The van der Waals surface area contributed by atoms with Gasteiger partial charge in [0.15, 0.2) is 25.2 Å². The van der Waals surface area contributed by atoms with Crippen molar-refractivity contribution in [2.24, 2.45) is 0 Å². The summed E-state index contributed by atoms with van der Waals surface area (Å²) in [4.78, 5) is 65.5. The summed E-state index contributed by atoms with van der Waals surface area (Å²) in [5.41, 5.74) is 2.21. The number of methoxy groups -OCH3 is 2. The molecule has 13 nitrogen and oxygen atoms in total. The van der Waals surface area contributed by atoms with Crippen LogP contribution in [0.4, 0.5) is 14.9 Å². The summed E-state index contributed by atoms with van der Waals surface area (Å²) >= 11 is 0. The third kappa shape index (κ3) is 9.17. The van der Waals surface area contributed by atoms with Gasteiger partial charge in [-0.15, -0.1) is 0 Å². The molecule has 2 aliphatic rings. The number of anilines is 1. The molecule has 5 rings (SSSR count). The zero-order valence-corrected chi connectivity index (χ0v) is 29.8. The number of carbonyl (C=O) groups excluding carboxylic acids is 4. The van der Waals surface area contributed by atoms with Crippen LogP contribution in [0, 0.1) is 19.7 Å². The molecule has 1 unspecified atom stereocenters. The second-order valence-electron chi connectivity index (χ2n) is 12.7. The molecule has 2 fully saturated rings. The number of hydrogen-bond donors (Lipinski definition) is 1. The lowest BCUT2D eigenvalue weighted by Gasteiger charge is -2.24. The van der Waals surface area contributed by atoms with Crippen molar-refractivity contribution in [1.29, 1.82) is 0 Å². The van der Waals surface area contributed by atoms with E-state index in [-0.39, 0.29) is 54.5 Å². The zero-order chi connectivity index (χ0) is 37.2. The minimum Gasteiger partial charge on any atom is -0.467 e. The first-order valence-electron chi connectivity index (χ1n) is 17.2. The Balaban J connectivity index is 1.19. The molecule has 278 valence electrons. The summed E-state index contributed by atoms with van der Waals surface area (Å²) in [6.07, 6.45) is 3.03. The van der Waals surface area contributed by atoms with Gasteiger partial charge in [-0.25, -0.2) is 23.8 Å². The molecular formula is C38H44FN3O10. The number of amides is 2. The van der Waals surface area contributed by atoms with E-state index in [1.807, 2.05) is 18.7 Å². The molecule has 0 aliphatic carbocycles. The van der Waals surface area contributed by atoms with E-state index in [0.717, 1.165) is 30.4 Å². The van der Waals surface area contributed by atoms with Crippen LogP contribution in [0.15, 0.2) is 48.5 Å². The summed E-state index contributed by atoms with van der Waals surface area (Å²) in [7, 11) is 2.95. The number of ketones is 1. The van der Waals surface area contributed by atoms with E-state index in [0.29, 0.717) is 49.5 Å². The molecule has 0 spiro atoms. The SMILES string of the molecule is COCOc1ccc(N2CCCC2)c(F)c1C(=O)c1ccc(C(=O)OOC(=O)N2CCCCC(NC(=O)c3cc(C)c(OCOC)c(C)c3)C2)cc1. The number of hydrogen-bond acceptors (Lipinski definition) is 11. The van der Waals surface area contributed by atoms with Crippen LogP contribution in [0.25, 0.3) is 0 Å². The highest BCUT2D eigenvalue weighted by Gasteiger charge is 2.28. The van der Waals surface area contributed by atoms with Gasteiger partial charge in [-0.2, -0.15) is 0 Å². The molecule has 1 N–H and O–H groups in total. The van der Waals surface area contributed by atoms with Gasteiger partial charge < -0.3 is 34.1 Å². The third-order valence-electron chi connectivity index (χ3n) is 8.97. The molecule has 2 aliphatic heterocycles. The predicted molar refractivity (Wildman–Crippen MR) is 187 cm³/mol. The molecule has 2 heterocycles. The molecule has 2 saturated heterocycles. The second kappa shape index (κ2) is 17.8. The maximum Gasteiger partial charge on any atom is 0.453 e. The lowest BCUT2D eigenvalue weighted by atomic mass is 9.99. The maximum absolute atomic E-state index is 15.8. The van der Waals surface area contributed by atoms with Crippen molar-refractivity contribution in [2.45, 2.75) is 52.0 Å². The summed E-state index contributed by atoms with van der Waals surface area (Å²) < 4.78 is 36.9. The van der Waals surface area contributed by atoms with E-state index < -0.39 is 23.7 Å². The van der Waals surface area contributed by atoms with Crippen LogP contribution in [0.2, 0.25) is 0 Å². The number of halogens is 1. The number of nitrogens with zero attached hydrogens (tertiary/aromatic N) is 2. The summed E-state index contributed by atoms with van der Waals surface area (Å²) in [6, 6.07) is 11.6. The molecule has 52 heavy (non-hydrogen) atoms. The van der Waals surface area contributed by atoms with Gasteiger partial charge in [0, 0.05) is 57.6 Å². The number of likely N-dealkylation sites (tertiary alicyclic amines) is 1. The highest BCUT2D eigenvalue weighted by molar-refractivity contribution is 6.11. The van der Waals surface area contributed by atoms with Crippen molar-refractivity contribution >= 4 is 29.4 Å². The molecular weight excluding hydrogens is 677 g/mol. The Hall–Kier alpha value is -5.21. The highest BCUT2D eigenvalue weighted by atomic mass is 19.1. The first kappa shape index (κ1) is 38.0. The van der Waals surface area contributed by atoms with Crippen LogP contribution in [0.3, 0.4) is 0 Å². The molecule has 0 saturated carbocycles. The van der Waals surface area contributed by atoms with Crippen molar-refractivity contribution in [3.63, 3.8) is 0 Å². The molecule has 0 aromatic heterocycles. The van der Waals surface area contributed by atoms with E-state index in [1.165, 1.54) is 43.4 Å². The smallest absolute Gasteiger partial charge is 0.453 e. The van der Waals surface area contributed by atoms with Crippen LogP contribution < -0.4 is 19.7 Å². The van der Waals surface area contributed by atoms with Gasteiger partial charge in [0.05, 0.1) is 11.3 Å². The van der Waals surface area contributed by atoms with Crippen LogP contribution in [0.1, 0.15) is 79.9 Å². The van der Waals surface area contributed by atoms with Gasteiger partial charge in [-0.3, -0.25) is 9.59 Å². The van der Waals surface area contributed by atoms with Gasteiger partial charge in [-0.1, -0.05) is 12.1 Å². The fourth-order valence-corrected chi connectivity index (χ4v) is 6.40. The second-order valence-corrected chi connectivity index (χ2v) is 12.7. The largest absolute Gasteiger partial charge is 0.467 e. The molecule has 2 amide bonds. The highest BCUT2D eigenvalue weighted by Crippen LogP contribution is 2.34. The Morgan fingerprint density at radius 1 is 0.788 bits per heavy atom. The number of rotatable bonds is 12. The van der Waals surface area contributed by atoms with Crippen molar-refractivity contribution < 1.29 is 52.3 Å². The first-order valence-corrected chi connectivity index (χ1v) is 17.2. The third-order valence-corrected chi connectivity index (χ3v) is 8.97. The van der Waals surface area contributed by atoms with Gasteiger partial charge >= 0.3 is 12.1 Å². The minimum atomic E-state index is -0.970. The monoisotopic (exact) mass is 721 g/mol. The summed E-state index contributed by atoms with van der Waals surface area (Å²) in [5.74, 6) is -1.92. The Morgan fingerprint density at radius 3 is 2.10 bits per heavy atom.